The van der Waals surface area contributed by atoms with Crippen molar-refractivity contribution in [3.63, 3.8) is 0 Å². The zero-order chi connectivity index (χ0) is 17.8. The smallest absolute Gasteiger partial charge is 0.191 e. The van der Waals surface area contributed by atoms with E-state index in [0.717, 1.165) is 12.1 Å². The van der Waals surface area contributed by atoms with Crippen LogP contribution in [0.15, 0.2) is 29.3 Å². The highest BCUT2D eigenvalue weighted by Crippen LogP contribution is 2.22. The lowest BCUT2D eigenvalue weighted by Crippen LogP contribution is -2.44. The van der Waals surface area contributed by atoms with E-state index in [1.165, 1.54) is 5.56 Å². The number of nitrogens with one attached hydrogen (secondary N) is 2. The van der Waals surface area contributed by atoms with Gasteiger partial charge in [0.2, 0.25) is 0 Å². The van der Waals surface area contributed by atoms with E-state index in [2.05, 4.69) is 60.7 Å². The third-order valence-electron chi connectivity index (χ3n) is 4.16. The summed E-state index contributed by atoms with van der Waals surface area (Å²) >= 11 is 0. The molecular weight excluding hydrogens is 449 g/mol. The summed E-state index contributed by atoms with van der Waals surface area (Å²) in [6.45, 7) is 9.91. The Bertz CT molecular complexity index is 679. The van der Waals surface area contributed by atoms with Crippen molar-refractivity contribution in [3.8, 4) is 0 Å². The molecule has 0 radical (unpaired) electrons. The van der Waals surface area contributed by atoms with Gasteiger partial charge in [-0.1, -0.05) is 45.0 Å². The quantitative estimate of drug-likeness (QED) is 0.396. The van der Waals surface area contributed by atoms with Crippen molar-refractivity contribution in [2.24, 2.45) is 4.99 Å². The predicted octanol–water partition coefficient (Wildman–Crippen LogP) is 2.84. The van der Waals surface area contributed by atoms with Crippen molar-refractivity contribution in [1.29, 1.82) is 0 Å². The lowest BCUT2D eigenvalue weighted by Gasteiger charge is -2.19. The van der Waals surface area contributed by atoms with Gasteiger partial charge >= 0.3 is 0 Å². The van der Waals surface area contributed by atoms with Crippen LogP contribution in [0.25, 0.3) is 0 Å². The first-order valence-electron chi connectivity index (χ1n) is 8.54. The molecule has 0 aliphatic carbocycles. The number of sulfone groups is 1. The molecule has 0 saturated carbocycles. The number of rotatable bonds is 4. The maximum absolute atomic E-state index is 11.6. The van der Waals surface area contributed by atoms with Gasteiger partial charge in [0.15, 0.2) is 15.8 Å². The van der Waals surface area contributed by atoms with Gasteiger partial charge in [-0.3, -0.25) is 0 Å². The molecule has 1 fully saturated rings. The monoisotopic (exact) mass is 479 g/mol. The third-order valence-corrected chi connectivity index (χ3v) is 5.93. The minimum Gasteiger partial charge on any atom is -0.357 e. The fraction of sp³-hybridized carbons (Fsp3) is 0.611. The molecule has 25 heavy (non-hydrogen) atoms. The number of aliphatic imine (C=N–C) groups is 1. The second-order valence-electron chi connectivity index (χ2n) is 7.39. The molecule has 1 heterocycles. The maximum Gasteiger partial charge on any atom is 0.191 e. The molecule has 0 aromatic heterocycles. The lowest BCUT2D eigenvalue weighted by atomic mass is 9.87. The number of halogens is 1. The van der Waals surface area contributed by atoms with Gasteiger partial charge in [-0.15, -0.1) is 24.0 Å². The topological polar surface area (TPSA) is 70.6 Å². The Morgan fingerprint density at radius 3 is 2.36 bits per heavy atom. The molecule has 2 N–H and O–H groups in total. The molecular formula is C18H30IN3O2S. The molecule has 0 amide bonds. The van der Waals surface area contributed by atoms with Crippen molar-refractivity contribution in [2.75, 3.05) is 18.1 Å². The Labute approximate surface area is 169 Å². The van der Waals surface area contributed by atoms with E-state index in [1.807, 2.05) is 6.92 Å². The van der Waals surface area contributed by atoms with Crippen molar-refractivity contribution < 1.29 is 8.42 Å². The van der Waals surface area contributed by atoms with Crippen LogP contribution in [0.3, 0.4) is 0 Å². The number of guanidine groups is 1. The molecule has 142 valence electrons. The normalized spacial score (nSPS) is 20.0. The molecule has 0 bridgehead atoms. The van der Waals surface area contributed by atoms with E-state index in [1.54, 1.807) is 0 Å². The molecule has 0 spiro atoms. The fourth-order valence-electron chi connectivity index (χ4n) is 2.70. The van der Waals surface area contributed by atoms with Crippen LogP contribution in [-0.4, -0.2) is 38.5 Å². The molecule has 1 saturated heterocycles. The van der Waals surface area contributed by atoms with Crippen molar-refractivity contribution >= 4 is 39.8 Å². The first-order chi connectivity index (χ1) is 11.2. The Morgan fingerprint density at radius 1 is 1.24 bits per heavy atom. The molecule has 1 aliphatic heterocycles. The van der Waals surface area contributed by atoms with Crippen LogP contribution in [0.5, 0.6) is 0 Å². The van der Waals surface area contributed by atoms with Crippen LogP contribution in [0.4, 0.5) is 0 Å². The zero-order valence-electron chi connectivity index (χ0n) is 15.5. The summed E-state index contributed by atoms with van der Waals surface area (Å²) in [7, 11) is -2.89. The highest BCUT2D eigenvalue weighted by Gasteiger charge is 2.28. The Balaban J connectivity index is 0.00000312. The Morgan fingerprint density at radius 2 is 1.88 bits per heavy atom. The van der Waals surface area contributed by atoms with Crippen LogP contribution < -0.4 is 10.6 Å². The summed E-state index contributed by atoms with van der Waals surface area (Å²) in [5.74, 6) is 1.13. The summed E-state index contributed by atoms with van der Waals surface area (Å²) in [5.41, 5.74) is 2.59. The minimum absolute atomic E-state index is 0. The highest BCUT2D eigenvalue weighted by molar-refractivity contribution is 14.0. The first-order valence-corrected chi connectivity index (χ1v) is 10.4. The molecule has 7 heteroatoms. The van der Waals surface area contributed by atoms with Crippen LogP contribution >= 0.6 is 24.0 Å². The van der Waals surface area contributed by atoms with Crippen LogP contribution in [0, 0.1) is 0 Å². The molecule has 1 aromatic rings. The predicted molar refractivity (Wildman–Crippen MR) is 116 cm³/mol. The van der Waals surface area contributed by atoms with Gasteiger partial charge in [0.25, 0.3) is 0 Å². The number of hydrogen-bond donors (Lipinski definition) is 2. The molecule has 1 unspecified atom stereocenters. The molecule has 1 aromatic carbocycles. The summed E-state index contributed by atoms with van der Waals surface area (Å²) < 4.78 is 23.1. The Kier molecular flexibility index (Phi) is 8.18. The van der Waals surface area contributed by atoms with Crippen molar-refractivity contribution in [2.45, 2.75) is 52.1 Å². The van der Waals surface area contributed by atoms with Gasteiger partial charge in [0.1, 0.15) is 0 Å². The summed E-state index contributed by atoms with van der Waals surface area (Å²) in [6.07, 6.45) is 0.646. The second-order valence-corrected chi connectivity index (χ2v) is 9.62. The zero-order valence-corrected chi connectivity index (χ0v) is 18.6. The summed E-state index contributed by atoms with van der Waals surface area (Å²) in [5, 5.41) is 6.42. The SMILES string of the molecule is CCNC(=NCc1ccc(C(C)(C)C)cc1)NC1CCS(=O)(=O)C1.I. The number of benzene rings is 1. The van der Waals surface area contributed by atoms with E-state index >= 15 is 0 Å². The van der Waals surface area contributed by atoms with Crippen LogP contribution in [-0.2, 0) is 21.8 Å². The van der Waals surface area contributed by atoms with E-state index in [0.29, 0.717) is 18.9 Å². The molecule has 5 nitrogen and oxygen atoms in total. The van der Waals surface area contributed by atoms with Crippen LogP contribution in [0.1, 0.15) is 45.2 Å². The number of nitrogens with zero attached hydrogens (tertiary/aromatic N) is 1. The van der Waals surface area contributed by atoms with Gasteiger partial charge in [0, 0.05) is 12.6 Å². The molecule has 2 rings (SSSR count). The lowest BCUT2D eigenvalue weighted by molar-refractivity contribution is 0.590. The van der Waals surface area contributed by atoms with E-state index in [9.17, 15) is 8.42 Å². The average molecular weight is 479 g/mol. The summed E-state index contributed by atoms with van der Waals surface area (Å²) in [6, 6.07) is 8.46. The van der Waals surface area contributed by atoms with Gasteiger partial charge in [-0.05, 0) is 29.9 Å². The van der Waals surface area contributed by atoms with Gasteiger partial charge < -0.3 is 10.6 Å². The first kappa shape index (κ1) is 22.2. The molecule has 1 atom stereocenters. The standard InChI is InChI=1S/C18H29N3O2S.HI/c1-5-19-17(21-16-10-11-24(22,23)13-16)20-12-14-6-8-15(9-7-14)18(2,3)4;/h6-9,16H,5,10-13H2,1-4H3,(H2,19,20,21);1H. The van der Waals surface area contributed by atoms with E-state index in [-0.39, 0.29) is 46.9 Å². The molecule has 1 aliphatic rings. The highest BCUT2D eigenvalue weighted by atomic mass is 127. The fourth-order valence-corrected chi connectivity index (χ4v) is 4.38. The number of hydrogen-bond acceptors (Lipinski definition) is 3. The van der Waals surface area contributed by atoms with Gasteiger partial charge in [0.05, 0.1) is 18.1 Å². The van der Waals surface area contributed by atoms with Crippen molar-refractivity contribution in [3.05, 3.63) is 35.4 Å². The van der Waals surface area contributed by atoms with Crippen molar-refractivity contribution in [1.82, 2.24) is 10.6 Å². The van der Waals surface area contributed by atoms with Crippen LogP contribution in [0.2, 0.25) is 0 Å². The summed E-state index contributed by atoms with van der Waals surface area (Å²) in [4.78, 5) is 4.59. The second kappa shape index (κ2) is 9.21. The van der Waals surface area contributed by atoms with E-state index < -0.39 is 9.84 Å². The van der Waals surface area contributed by atoms with Gasteiger partial charge in [-0.2, -0.15) is 0 Å². The largest absolute Gasteiger partial charge is 0.357 e. The minimum atomic E-state index is -2.89. The average Bonchev–Trinajstić information content (AvgIpc) is 2.83. The Hall–Kier alpha value is -0.830. The third kappa shape index (κ3) is 7.13. The van der Waals surface area contributed by atoms with E-state index in [4.69, 9.17) is 0 Å². The van der Waals surface area contributed by atoms with Gasteiger partial charge in [-0.25, -0.2) is 13.4 Å². The maximum atomic E-state index is 11.6.